The van der Waals surface area contributed by atoms with Gasteiger partial charge in [-0.15, -0.1) is 0 Å². The van der Waals surface area contributed by atoms with Gasteiger partial charge in [0.05, 0.1) is 6.42 Å². The predicted molar refractivity (Wildman–Crippen MR) is 128 cm³/mol. The lowest BCUT2D eigenvalue weighted by molar-refractivity contribution is -0.143. The summed E-state index contributed by atoms with van der Waals surface area (Å²) < 4.78 is 5.55. The SMILES string of the molecule is CC(CCNC(=O)OCC1c2ccccc2-c2ccccc21)C(=O)N1CCCCC1CC(=O)O. The number of rotatable bonds is 8. The van der Waals surface area contributed by atoms with Gasteiger partial charge in [0.15, 0.2) is 0 Å². The van der Waals surface area contributed by atoms with Gasteiger partial charge in [-0.2, -0.15) is 0 Å². The lowest BCUT2D eigenvalue weighted by Gasteiger charge is -2.36. The third-order valence-corrected chi connectivity index (χ3v) is 6.93. The largest absolute Gasteiger partial charge is 0.481 e. The Hall–Kier alpha value is -3.35. The van der Waals surface area contributed by atoms with Crippen molar-refractivity contribution >= 4 is 18.0 Å². The number of carboxylic acid groups (broad SMARTS) is 1. The van der Waals surface area contributed by atoms with Gasteiger partial charge in [0, 0.05) is 31.0 Å². The molecule has 1 heterocycles. The zero-order valence-corrected chi connectivity index (χ0v) is 19.5. The number of carboxylic acids is 1. The minimum Gasteiger partial charge on any atom is -0.481 e. The fourth-order valence-corrected chi connectivity index (χ4v) is 5.15. The number of fused-ring (bicyclic) bond motifs is 3. The number of likely N-dealkylation sites (tertiary alicyclic amines) is 1. The quantitative estimate of drug-likeness (QED) is 0.603. The van der Waals surface area contributed by atoms with E-state index in [0.717, 1.165) is 30.4 Å². The van der Waals surface area contributed by atoms with Gasteiger partial charge in [-0.25, -0.2) is 4.79 Å². The van der Waals surface area contributed by atoms with Gasteiger partial charge in [0.25, 0.3) is 0 Å². The van der Waals surface area contributed by atoms with Crippen molar-refractivity contribution in [2.75, 3.05) is 19.7 Å². The lowest BCUT2D eigenvalue weighted by atomic mass is 9.96. The molecule has 0 saturated carbocycles. The number of alkyl carbamates (subject to hydrolysis) is 1. The zero-order valence-electron chi connectivity index (χ0n) is 19.5. The van der Waals surface area contributed by atoms with Crippen LogP contribution in [0.1, 0.15) is 56.1 Å². The molecule has 1 saturated heterocycles. The molecule has 180 valence electrons. The van der Waals surface area contributed by atoms with E-state index in [4.69, 9.17) is 9.84 Å². The van der Waals surface area contributed by atoms with Gasteiger partial charge in [0.2, 0.25) is 5.91 Å². The molecule has 0 spiro atoms. The number of hydrogen-bond acceptors (Lipinski definition) is 4. The Labute approximate surface area is 200 Å². The van der Waals surface area contributed by atoms with E-state index in [1.807, 2.05) is 31.2 Å². The van der Waals surface area contributed by atoms with Crippen LogP contribution >= 0.6 is 0 Å². The molecule has 0 aromatic heterocycles. The molecule has 34 heavy (non-hydrogen) atoms. The highest BCUT2D eigenvalue weighted by atomic mass is 16.5. The minimum absolute atomic E-state index is 0.00363. The van der Waals surface area contributed by atoms with Gasteiger partial charge in [-0.1, -0.05) is 55.5 Å². The molecule has 1 aliphatic heterocycles. The number of nitrogens with zero attached hydrogens (tertiary/aromatic N) is 1. The summed E-state index contributed by atoms with van der Waals surface area (Å²) in [6.07, 6.45) is 2.52. The fraction of sp³-hybridized carbons (Fsp3) is 0.444. The molecule has 0 radical (unpaired) electrons. The van der Waals surface area contributed by atoms with Crippen molar-refractivity contribution in [3.05, 3.63) is 59.7 Å². The fourth-order valence-electron chi connectivity index (χ4n) is 5.15. The van der Waals surface area contributed by atoms with Crippen LogP contribution < -0.4 is 5.32 Å². The number of aliphatic carboxylic acids is 1. The molecule has 1 fully saturated rings. The average molecular weight is 465 g/mol. The maximum Gasteiger partial charge on any atom is 0.407 e. The first kappa shape index (κ1) is 23.8. The molecule has 4 rings (SSSR count). The topological polar surface area (TPSA) is 95.9 Å². The lowest BCUT2D eigenvalue weighted by Crippen LogP contribution is -2.47. The first-order valence-corrected chi connectivity index (χ1v) is 12.1. The van der Waals surface area contributed by atoms with E-state index >= 15 is 0 Å². The molecule has 2 aromatic carbocycles. The second-order valence-electron chi connectivity index (χ2n) is 9.22. The number of carbonyl (C=O) groups excluding carboxylic acids is 2. The summed E-state index contributed by atoms with van der Waals surface area (Å²) in [5.41, 5.74) is 4.68. The third kappa shape index (κ3) is 5.24. The van der Waals surface area contributed by atoms with E-state index in [1.54, 1.807) is 4.90 Å². The highest BCUT2D eigenvalue weighted by Gasteiger charge is 2.31. The van der Waals surface area contributed by atoms with Crippen molar-refractivity contribution in [2.24, 2.45) is 5.92 Å². The van der Waals surface area contributed by atoms with Crippen LogP contribution in [0.15, 0.2) is 48.5 Å². The maximum atomic E-state index is 12.9. The monoisotopic (exact) mass is 464 g/mol. The molecular weight excluding hydrogens is 432 g/mol. The van der Waals surface area contributed by atoms with Crippen LogP contribution in [0.4, 0.5) is 4.79 Å². The van der Waals surface area contributed by atoms with Crippen LogP contribution in [0.2, 0.25) is 0 Å². The predicted octanol–water partition coefficient (Wildman–Crippen LogP) is 4.41. The van der Waals surface area contributed by atoms with Crippen molar-refractivity contribution in [1.29, 1.82) is 0 Å². The molecule has 2 amide bonds. The first-order valence-electron chi connectivity index (χ1n) is 12.1. The van der Waals surface area contributed by atoms with Crippen LogP contribution in [0, 0.1) is 5.92 Å². The summed E-state index contributed by atoms with van der Waals surface area (Å²) in [6.45, 7) is 3.00. The molecule has 2 atom stereocenters. The summed E-state index contributed by atoms with van der Waals surface area (Å²) in [5, 5.41) is 11.9. The first-order chi connectivity index (χ1) is 16.5. The van der Waals surface area contributed by atoms with Crippen LogP contribution in [-0.2, 0) is 14.3 Å². The Kier molecular flexibility index (Phi) is 7.50. The van der Waals surface area contributed by atoms with E-state index in [9.17, 15) is 14.4 Å². The summed E-state index contributed by atoms with van der Waals surface area (Å²) in [7, 11) is 0. The van der Waals surface area contributed by atoms with E-state index in [1.165, 1.54) is 11.1 Å². The van der Waals surface area contributed by atoms with Crippen LogP contribution in [0.3, 0.4) is 0 Å². The molecule has 2 N–H and O–H groups in total. The molecule has 7 heteroatoms. The standard InChI is InChI=1S/C27H32N2O5/c1-18(26(32)29-15-7-6-8-19(29)16-25(30)31)13-14-28-27(33)34-17-24-22-11-4-2-9-20(22)21-10-3-5-12-23(21)24/h2-5,9-12,18-19,24H,6-8,13-17H2,1H3,(H,28,33)(H,30,31). The van der Waals surface area contributed by atoms with Crippen molar-refractivity contribution < 1.29 is 24.2 Å². The summed E-state index contributed by atoms with van der Waals surface area (Å²) in [5.74, 6) is -1.22. The van der Waals surface area contributed by atoms with Gasteiger partial charge < -0.3 is 20.1 Å². The van der Waals surface area contributed by atoms with E-state index in [-0.39, 0.29) is 36.8 Å². The van der Waals surface area contributed by atoms with Gasteiger partial charge in [0.1, 0.15) is 6.61 Å². The molecule has 2 aromatic rings. The number of amides is 2. The number of ether oxygens (including phenoxy) is 1. The summed E-state index contributed by atoms with van der Waals surface area (Å²) >= 11 is 0. The van der Waals surface area contributed by atoms with E-state index in [0.29, 0.717) is 19.5 Å². The third-order valence-electron chi connectivity index (χ3n) is 6.93. The molecule has 0 bridgehead atoms. The second-order valence-corrected chi connectivity index (χ2v) is 9.22. The Balaban J connectivity index is 1.26. The number of piperidine rings is 1. The molecule has 1 aliphatic carbocycles. The number of nitrogens with one attached hydrogen (secondary N) is 1. The summed E-state index contributed by atoms with van der Waals surface area (Å²) in [6, 6.07) is 16.1. The van der Waals surface area contributed by atoms with Crippen molar-refractivity contribution in [3.8, 4) is 11.1 Å². The van der Waals surface area contributed by atoms with Crippen molar-refractivity contribution in [1.82, 2.24) is 10.2 Å². The molecule has 7 nitrogen and oxygen atoms in total. The number of benzene rings is 2. The Bertz CT molecular complexity index is 1010. The number of hydrogen-bond donors (Lipinski definition) is 2. The smallest absolute Gasteiger partial charge is 0.407 e. The molecule has 2 unspecified atom stereocenters. The van der Waals surface area contributed by atoms with E-state index < -0.39 is 12.1 Å². The minimum atomic E-state index is -0.880. The average Bonchev–Trinajstić information content (AvgIpc) is 3.16. The van der Waals surface area contributed by atoms with Gasteiger partial charge >= 0.3 is 12.1 Å². The van der Waals surface area contributed by atoms with Gasteiger partial charge in [-0.05, 0) is 47.9 Å². The van der Waals surface area contributed by atoms with Gasteiger partial charge in [-0.3, -0.25) is 9.59 Å². The molecular formula is C27H32N2O5. The van der Waals surface area contributed by atoms with Crippen molar-refractivity contribution in [3.63, 3.8) is 0 Å². The molecule has 2 aliphatic rings. The number of carbonyl (C=O) groups is 3. The van der Waals surface area contributed by atoms with Crippen molar-refractivity contribution in [2.45, 2.75) is 51.0 Å². The Morgan fingerprint density at radius 2 is 1.71 bits per heavy atom. The van der Waals surface area contributed by atoms with Crippen LogP contribution in [-0.4, -0.2) is 53.7 Å². The maximum absolute atomic E-state index is 12.9. The van der Waals surface area contributed by atoms with Crippen LogP contribution in [0.25, 0.3) is 11.1 Å². The Morgan fingerprint density at radius 1 is 1.06 bits per heavy atom. The highest BCUT2D eigenvalue weighted by Crippen LogP contribution is 2.44. The summed E-state index contributed by atoms with van der Waals surface area (Å²) in [4.78, 5) is 38.1. The normalized spacial score (nSPS) is 18.0. The zero-order chi connectivity index (χ0) is 24.1. The second kappa shape index (κ2) is 10.7. The highest BCUT2D eigenvalue weighted by molar-refractivity contribution is 5.80. The Morgan fingerprint density at radius 3 is 2.35 bits per heavy atom. The van der Waals surface area contributed by atoms with E-state index in [2.05, 4.69) is 29.6 Å². The van der Waals surface area contributed by atoms with Crippen LogP contribution in [0.5, 0.6) is 0 Å².